The number of amides is 3. The van der Waals surface area contributed by atoms with Gasteiger partial charge in [-0.15, -0.1) is 0 Å². The molecule has 1 N–H and O–H groups in total. The van der Waals surface area contributed by atoms with Gasteiger partial charge >= 0.3 is 0 Å². The van der Waals surface area contributed by atoms with Crippen molar-refractivity contribution >= 4 is 29.1 Å². The molecule has 1 atom stereocenters. The molecule has 1 unspecified atom stereocenters. The molecule has 0 spiro atoms. The fourth-order valence-corrected chi connectivity index (χ4v) is 3.83. The first-order valence-corrected chi connectivity index (χ1v) is 11.0. The molecule has 0 saturated carbocycles. The molecular formula is C24H27N3O6. The quantitative estimate of drug-likeness (QED) is 0.692. The van der Waals surface area contributed by atoms with Gasteiger partial charge in [-0.2, -0.15) is 0 Å². The number of rotatable bonds is 7. The third-order valence-corrected chi connectivity index (χ3v) is 5.52. The van der Waals surface area contributed by atoms with Gasteiger partial charge < -0.3 is 29.3 Å². The summed E-state index contributed by atoms with van der Waals surface area (Å²) in [7, 11) is 0. The number of para-hydroxylation sites is 2. The van der Waals surface area contributed by atoms with Crippen LogP contribution in [0.25, 0.3) is 0 Å². The van der Waals surface area contributed by atoms with Crippen LogP contribution in [-0.2, 0) is 14.4 Å². The fourth-order valence-electron chi connectivity index (χ4n) is 3.83. The minimum atomic E-state index is -0.617. The van der Waals surface area contributed by atoms with Gasteiger partial charge in [-0.25, -0.2) is 0 Å². The predicted molar refractivity (Wildman–Crippen MR) is 122 cm³/mol. The summed E-state index contributed by atoms with van der Waals surface area (Å²) >= 11 is 0. The van der Waals surface area contributed by atoms with Gasteiger partial charge in [-0.05, 0) is 38.1 Å². The summed E-state index contributed by atoms with van der Waals surface area (Å²) in [6, 6.07) is 12.4. The molecule has 9 heteroatoms. The van der Waals surface area contributed by atoms with Crippen LogP contribution in [0.2, 0.25) is 0 Å². The van der Waals surface area contributed by atoms with Crippen molar-refractivity contribution in [3.63, 3.8) is 0 Å². The molecule has 2 aromatic rings. The standard InChI is InChI=1S/C24H27N3O6/c1-3-26(15-22(28)25-17-8-9-20-21(14-17)32-13-12-31-20)23(29)10-11-27-18-6-4-5-7-19(18)33-16(2)24(27)30/h4-9,14,16H,3,10-13,15H2,1-2H3,(H,25,28). The van der Waals surface area contributed by atoms with Gasteiger partial charge in [0.1, 0.15) is 19.0 Å². The molecule has 33 heavy (non-hydrogen) atoms. The van der Waals surface area contributed by atoms with Gasteiger partial charge in [0.15, 0.2) is 17.6 Å². The van der Waals surface area contributed by atoms with Crippen molar-refractivity contribution in [3.05, 3.63) is 42.5 Å². The number of carbonyl (C=O) groups excluding carboxylic acids is 3. The number of nitrogens with one attached hydrogen (secondary N) is 1. The molecule has 2 aliphatic heterocycles. The van der Waals surface area contributed by atoms with E-state index >= 15 is 0 Å². The summed E-state index contributed by atoms with van der Waals surface area (Å²) in [5.41, 5.74) is 1.21. The monoisotopic (exact) mass is 453 g/mol. The van der Waals surface area contributed by atoms with Crippen molar-refractivity contribution in [1.29, 1.82) is 0 Å². The van der Waals surface area contributed by atoms with E-state index in [1.165, 1.54) is 4.90 Å². The highest BCUT2D eigenvalue weighted by Gasteiger charge is 2.31. The van der Waals surface area contributed by atoms with Gasteiger partial charge in [-0.3, -0.25) is 14.4 Å². The number of benzene rings is 2. The van der Waals surface area contributed by atoms with Gasteiger partial charge in [0, 0.05) is 31.3 Å². The first-order valence-electron chi connectivity index (χ1n) is 11.0. The second-order valence-corrected chi connectivity index (χ2v) is 7.78. The molecule has 0 aliphatic carbocycles. The minimum absolute atomic E-state index is 0.0895. The van der Waals surface area contributed by atoms with Crippen LogP contribution in [0.4, 0.5) is 11.4 Å². The van der Waals surface area contributed by atoms with Crippen LogP contribution in [0.3, 0.4) is 0 Å². The maximum atomic E-state index is 12.8. The normalized spacial score (nSPS) is 16.5. The van der Waals surface area contributed by atoms with E-state index in [9.17, 15) is 14.4 Å². The predicted octanol–water partition coefficient (Wildman–Crippen LogP) is 2.45. The summed E-state index contributed by atoms with van der Waals surface area (Å²) < 4.78 is 16.7. The van der Waals surface area contributed by atoms with Crippen molar-refractivity contribution in [2.24, 2.45) is 0 Å². The Morgan fingerprint density at radius 2 is 1.85 bits per heavy atom. The van der Waals surface area contributed by atoms with E-state index in [0.717, 1.165) is 0 Å². The molecule has 0 fully saturated rings. The van der Waals surface area contributed by atoms with Crippen molar-refractivity contribution in [2.75, 3.05) is 43.1 Å². The minimum Gasteiger partial charge on any atom is -0.486 e. The number of nitrogens with zero attached hydrogens (tertiary/aromatic N) is 2. The molecule has 2 aromatic carbocycles. The largest absolute Gasteiger partial charge is 0.486 e. The lowest BCUT2D eigenvalue weighted by Crippen LogP contribution is -2.46. The second-order valence-electron chi connectivity index (χ2n) is 7.78. The van der Waals surface area contributed by atoms with E-state index in [1.807, 2.05) is 19.1 Å². The first kappa shape index (κ1) is 22.4. The Hall–Kier alpha value is -3.75. The van der Waals surface area contributed by atoms with Crippen LogP contribution < -0.4 is 24.4 Å². The Balaban J connectivity index is 1.35. The Kier molecular flexibility index (Phi) is 6.67. The SMILES string of the molecule is CCN(CC(=O)Nc1ccc2c(c1)OCCO2)C(=O)CCN1C(=O)C(C)Oc2ccccc21. The van der Waals surface area contributed by atoms with Gasteiger partial charge in [0.05, 0.1) is 12.2 Å². The number of carbonyl (C=O) groups is 3. The van der Waals surface area contributed by atoms with E-state index in [1.54, 1.807) is 42.2 Å². The van der Waals surface area contributed by atoms with Gasteiger partial charge in [-0.1, -0.05) is 12.1 Å². The van der Waals surface area contributed by atoms with Crippen LogP contribution in [0.1, 0.15) is 20.3 Å². The van der Waals surface area contributed by atoms with E-state index in [4.69, 9.17) is 14.2 Å². The van der Waals surface area contributed by atoms with Crippen molar-refractivity contribution < 1.29 is 28.6 Å². The zero-order valence-electron chi connectivity index (χ0n) is 18.7. The molecule has 0 bridgehead atoms. The Labute approximate surface area is 192 Å². The van der Waals surface area contributed by atoms with Crippen molar-refractivity contribution in [2.45, 2.75) is 26.4 Å². The topological polar surface area (TPSA) is 97.4 Å². The van der Waals surface area contributed by atoms with E-state index in [2.05, 4.69) is 5.32 Å². The fraction of sp³-hybridized carbons (Fsp3) is 0.375. The maximum absolute atomic E-state index is 12.8. The van der Waals surface area contributed by atoms with Gasteiger partial charge in [0.25, 0.3) is 5.91 Å². The molecule has 2 heterocycles. The molecule has 3 amide bonds. The van der Waals surface area contributed by atoms with E-state index in [0.29, 0.717) is 48.4 Å². The van der Waals surface area contributed by atoms with Crippen molar-refractivity contribution in [1.82, 2.24) is 4.90 Å². The summed E-state index contributed by atoms with van der Waals surface area (Å²) in [5, 5.41) is 2.79. The smallest absolute Gasteiger partial charge is 0.267 e. The molecule has 2 aliphatic rings. The van der Waals surface area contributed by atoms with Crippen LogP contribution in [0, 0.1) is 0 Å². The molecule has 0 aromatic heterocycles. The number of fused-ring (bicyclic) bond motifs is 2. The zero-order chi connectivity index (χ0) is 23.4. The molecule has 0 saturated heterocycles. The average Bonchev–Trinajstić information content (AvgIpc) is 2.82. The lowest BCUT2D eigenvalue weighted by atomic mass is 10.1. The van der Waals surface area contributed by atoms with E-state index < -0.39 is 6.10 Å². The second kappa shape index (κ2) is 9.81. The number of likely N-dealkylation sites (N-methyl/N-ethyl adjacent to an activating group) is 1. The Morgan fingerprint density at radius 1 is 1.09 bits per heavy atom. The van der Waals surface area contributed by atoms with Crippen LogP contribution in [0.15, 0.2) is 42.5 Å². The third-order valence-electron chi connectivity index (χ3n) is 5.52. The first-order chi connectivity index (χ1) is 16.0. The number of hydrogen-bond donors (Lipinski definition) is 1. The summed E-state index contributed by atoms with van der Waals surface area (Å²) in [6.45, 7) is 4.94. The molecule has 4 rings (SSSR count). The molecule has 0 radical (unpaired) electrons. The molecule has 174 valence electrons. The molecule has 9 nitrogen and oxygen atoms in total. The average molecular weight is 453 g/mol. The summed E-state index contributed by atoms with van der Waals surface area (Å²) in [6.07, 6.45) is -0.521. The highest BCUT2D eigenvalue weighted by Crippen LogP contribution is 2.34. The highest BCUT2D eigenvalue weighted by atomic mass is 16.6. The van der Waals surface area contributed by atoms with Crippen LogP contribution >= 0.6 is 0 Å². The van der Waals surface area contributed by atoms with Crippen LogP contribution in [0.5, 0.6) is 17.2 Å². The number of hydrogen-bond acceptors (Lipinski definition) is 6. The van der Waals surface area contributed by atoms with E-state index in [-0.39, 0.29) is 37.2 Å². The number of ether oxygens (including phenoxy) is 3. The maximum Gasteiger partial charge on any atom is 0.267 e. The Bertz CT molecular complexity index is 1060. The lowest BCUT2D eigenvalue weighted by molar-refractivity contribution is -0.134. The lowest BCUT2D eigenvalue weighted by Gasteiger charge is -2.33. The number of anilines is 2. The Morgan fingerprint density at radius 3 is 2.64 bits per heavy atom. The zero-order valence-corrected chi connectivity index (χ0v) is 18.7. The summed E-state index contributed by atoms with van der Waals surface area (Å²) in [5.74, 6) is 1.11. The highest BCUT2D eigenvalue weighted by molar-refractivity contribution is 6.00. The third kappa shape index (κ3) is 5.02. The molecular weight excluding hydrogens is 426 g/mol. The van der Waals surface area contributed by atoms with Crippen molar-refractivity contribution in [3.8, 4) is 17.2 Å². The van der Waals surface area contributed by atoms with Crippen LogP contribution in [-0.4, -0.2) is 61.6 Å². The van der Waals surface area contributed by atoms with Gasteiger partial charge in [0.2, 0.25) is 11.8 Å². The summed E-state index contributed by atoms with van der Waals surface area (Å²) in [4.78, 5) is 41.1.